The van der Waals surface area contributed by atoms with Gasteiger partial charge in [0.15, 0.2) is 0 Å². The van der Waals surface area contributed by atoms with Crippen molar-refractivity contribution in [3.05, 3.63) is 249 Å². The molecule has 4 aliphatic heterocycles. The number of rotatable bonds is 8. The lowest BCUT2D eigenvalue weighted by atomic mass is 9.30. The van der Waals surface area contributed by atoms with Crippen molar-refractivity contribution in [2.75, 3.05) is 24.5 Å². The van der Waals surface area contributed by atoms with Crippen molar-refractivity contribution in [2.45, 2.75) is 76.3 Å². The smallest absolute Gasteiger partial charge is 0.252 e. The van der Waals surface area contributed by atoms with Crippen LogP contribution in [0.2, 0.25) is 0 Å². The summed E-state index contributed by atoms with van der Waals surface area (Å²) in [7, 11) is 0. The molecule has 412 valence electrons. The summed E-state index contributed by atoms with van der Waals surface area (Å²) in [6.07, 6.45) is 12.8. The molecule has 0 N–H and O–H groups in total. The monoisotopic (exact) mass is 1110 g/mol. The highest BCUT2D eigenvalue weighted by atomic mass is 16.3. The number of anilines is 13. The van der Waals surface area contributed by atoms with Crippen molar-refractivity contribution < 1.29 is 4.42 Å². The Labute approximate surface area is 504 Å². The fourth-order valence-electron chi connectivity index (χ4n) is 16.5. The molecule has 0 saturated heterocycles. The van der Waals surface area contributed by atoms with E-state index in [2.05, 4.69) is 273 Å². The topological polar surface area (TPSA) is 29.3 Å². The zero-order chi connectivity index (χ0) is 56.4. The van der Waals surface area contributed by atoms with Crippen molar-refractivity contribution in [2.24, 2.45) is 0 Å². The molecule has 0 radical (unpaired) electrons. The van der Waals surface area contributed by atoms with Gasteiger partial charge in [0.05, 0.1) is 0 Å². The highest BCUT2D eigenvalue weighted by molar-refractivity contribution is 7.03. The maximum Gasteiger partial charge on any atom is 0.252 e. The summed E-state index contributed by atoms with van der Waals surface area (Å²) in [6, 6.07) is 94.9. The van der Waals surface area contributed by atoms with E-state index in [4.69, 9.17) is 4.42 Å². The molecule has 8 heteroatoms. The highest BCUT2D eigenvalue weighted by Gasteiger charge is 2.49. The van der Waals surface area contributed by atoms with Gasteiger partial charge in [-0.2, -0.15) is 0 Å². The SMILES string of the molecule is c1ccc(N2c3ccccc3B3c4cc5c(cc4N(c4ccccc4)c4cc(-c6cccc7oc8ccccc8c67)cc2c43)N(c2ccccc2)c2cc(N(C3CCCCC3)C3CCCCC3)cc3c2B5c2ccccc2N3c2ccccc2)cc1. The Balaban J connectivity index is 0.951. The van der Waals surface area contributed by atoms with Gasteiger partial charge in [0.25, 0.3) is 13.4 Å². The third-order valence-corrected chi connectivity index (χ3v) is 20.1. The standard InChI is InChI=1S/C78H63B2N5O/c1-7-26-53(27-8-1)81(54-28-9-2-10-29-54)59-48-72-78-73(49-59)85(58-36-17-6-18-37-58)69-51-68-64(50-65(69)80(78)63-41-21-23-43-67(63)83(72)56-32-13-4-14-33-56)79-62-40-20-22-42-66(62)82(55-30-11-3-12-31-55)70-46-52(47-71(77(70)79)84(68)57-34-15-5-16-35-57)60-39-25-45-75-76(60)61-38-19-24-44-74(61)86-75/h3-6,11-25,30-51,53-54H,1-2,7-10,26-29H2. The molecule has 6 nitrogen and oxygen atoms in total. The lowest BCUT2D eigenvalue weighted by Crippen LogP contribution is -2.65. The van der Waals surface area contributed by atoms with Crippen molar-refractivity contribution >= 4 is 142 Å². The summed E-state index contributed by atoms with van der Waals surface area (Å²) in [6.45, 7) is -0.176. The molecule has 0 unspecified atom stereocenters. The van der Waals surface area contributed by atoms with Crippen LogP contribution in [0.25, 0.3) is 33.1 Å². The minimum Gasteiger partial charge on any atom is -0.456 e. The van der Waals surface area contributed by atoms with E-state index in [1.807, 2.05) is 0 Å². The van der Waals surface area contributed by atoms with Crippen molar-refractivity contribution in [1.82, 2.24) is 0 Å². The van der Waals surface area contributed by atoms with Crippen molar-refractivity contribution in [1.29, 1.82) is 0 Å². The lowest BCUT2D eigenvalue weighted by molar-refractivity contribution is 0.340. The van der Waals surface area contributed by atoms with E-state index in [9.17, 15) is 0 Å². The summed E-state index contributed by atoms with van der Waals surface area (Å²) in [5.41, 5.74) is 27.6. The molecule has 2 saturated carbocycles. The molecule has 5 heterocycles. The van der Waals surface area contributed by atoms with Gasteiger partial charge < -0.3 is 28.9 Å². The van der Waals surface area contributed by atoms with E-state index in [1.54, 1.807) is 0 Å². The fourth-order valence-corrected chi connectivity index (χ4v) is 16.5. The van der Waals surface area contributed by atoms with E-state index in [0.29, 0.717) is 12.1 Å². The van der Waals surface area contributed by atoms with Crippen molar-refractivity contribution in [3.8, 4) is 11.1 Å². The molecular weight excluding hydrogens is 1040 g/mol. The van der Waals surface area contributed by atoms with Crippen LogP contribution in [-0.2, 0) is 0 Å². The molecule has 12 aromatic rings. The normalized spacial score (nSPS) is 15.9. The van der Waals surface area contributed by atoms with Gasteiger partial charge in [-0.1, -0.05) is 184 Å². The molecule has 18 rings (SSSR count). The number of furan rings is 1. The van der Waals surface area contributed by atoms with Gasteiger partial charge in [-0.05, 0) is 173 Å². The second-order valence-electron chi connectivity index (χ2n) is 24.7. The lowest BCUT2D eigenvalue weighted by Gasteiger charge is -2.48. The third kappa shape index (κ3) is 7.60. The number of fused-ring (bicyclic) bond motifs is 11. The summed E-state index contributed by atoms with van der Waals surface area (Å²) >= 11 is 0. The first-order valence-electron chi connectivity index (χ1n) is 31.5. The van der Waals surface area contributed by atoms with Crippen LogP contribution in [0.3, 0.4) is 0 Å². The van der Waals surface area contributed by atoms with Gasteiger partial charge in [0, 0.05) is 96.8 Å². The predicted octanol–water partition coefficient (Wildman–Crippen LogP) is 16.9. The zero-order valence-corrected chi connectivity index (χ0v) is 48.2. The van der Waals surface area contributed by atoms with Crippen LogP contribution in [0, 0.1) is 0 Å². The second kappa shape index (κ2) is 20.0. The molecule has 2 aliphatic carbocycles. The number of hydrogen-bond acceptors (Lipinski definition) is 6. The quantitative estimate of drug-likeness (QED) is 0.141. The summed E-state index contributed by atoms with van der Waals surface area (Å²) in [4.78, 5) is 13.4. The number of para-hydroxylation sites is 7. The molecule has 0 amide bonds. The highest BCUT2D eigenvalue weighted by Crippen LogP contribution is 2.52. The van der Waals surface area contributed by atoms with Gasteiger partial charge >= 0.3 is 0 Å². The Morgan fingerprint density at radius 2 is 0.733 bits per heavy atom. The van der Waals surface area contributed by atoms with E-state index in [1.165, 1.54) is 154 Å². The number of benzene rings is 11. The summed E-state index contributed by atoms with van der Waals surface area (Å²) in [5, 5.41) is 2.25. The maximum absolute atomic E-state index is 6.64. The van der Waals surface area contributed by atoms with Crippen molar-refractivity contribution in [3.63, 3.8) is 0 Å². The Kier molecular flexibility index (Phi) is 11.6. The van der Waals surface area contributed by atoms with Crippen LogP contribution in [0.15, 0.2) is 253 Å². The van der Waals surface area contributed by atoms with Crippen LogP contribution in [-0.4, -0.2) is 25.5 Å². The van der Waals surface area contributed by atoms with Gasteiger partial charge in [0.1, 0.15) is 11.2 Å². The average molecular weight is 1110 g/mol. The molecular formula is C78H63B2N5O. The number of nitrogens with zero attached hydrogens (tertiary/aromatic N) is 5. The van der Waals surface area contributed by atoms with Crippen LogP contribution >= 0.6 is 0 Å². The predicted molar refractivity (Wildman–Crippen MR) is 363 cm³/mol. The van der Waals surface area contributed by atoms with Crippen LogP contribution in [0.1, 0.15) is 64.2 Å². The molecule has 6 aliphatic rings. The minimum atomic E-state index is -0.108. The molecule has 11 aromatic carbocycles. The third-order valence-electron chi connectivity index (χ3n) is 20.1. The van der Waals surface area contributed by atoms with E-state index < -0.39 is 0 Å². The van der Waals surface area contributed by atoms with Gasteiger partial charge in [0.2, 0.25) is 0 Å². The Hall–Kier alpha value is -9.65. The molecule has 0 atom stereocenters. The van der Waals surface area contributed by atoms with Crippen LogP contribution < -0.4 is 57.3 Å². The Bertz CT molecular complexity index is 4600. The Morgan fingerprint density at radius 3 is 1.22 bits per heavy atom. The molecule has 1 aromatic heterocycles. The fraction of sp³-hybridized carbons (Fsp3) is 0.154. The Morgan fingerprint density at radius 1 is 0.326 bits per heavy atom. The molecule has 2 fully saturated rings. The minimum absolute atomic E-state index is 0.0679. The first-order valence-corrected chi connectivity index (χ1v) is 31.5. The van der Waals surface area contributed by atoms with E-state index in [-0.39, 0.29) is 13.4 Å². The van der Waals surface area contributed by atoms with Gasteiger partial charge in [-0.25, -0.2) is 0 Å². The van der Waals surface area contributed by atoms with Gasteiger partial charge in [-0.3, -0.25) is 0 Å². The average Bonchev–Trinajstić information content (AvgIpc) is 0.823. The molecule has 0 bridgehead atoms. The second-order valence-corrected chi connectivity index (χ2v) is 24.7. The van der Waals surface area contributed by atoms with Crippen LogP contribution in [0.4, 0.5) is 73.9 Å². The summed E-state index contributed by atoms with van der Waals surface area (Å²) < 4.78 is 6.64. The first kappa shape index (κ1) is 49.7. The zero-order valence-electron chi connectivity index (χ0n) is 48.2. The van der Waals surface area contributed by atoms with E-state index in [0.717, 1.165) is 50.1 Å². The molecule has 86 heavy (non-hydrogen) atoms. The van der Waals surface area contributed by atoms with E-state index >= 15 is 0 Å². The molecule has 0 spiro atoms. The van der Waals surface area contributed by atoms with Crippen LogP contribution in [0.5, 0.6) is 0 Å². The maximum atomic E-state index is 6.64. The largest absolute Gasteiger partial charge is 0.456 e. The summed E-state index contributed by atoms with van der Waals surface area (Å²) in [5.74, 6) is 0. The van der Waals surface area contributed by atoms with Gasteiger partial charge in [-0.15, -0.1) is 0 Å². The first-order chi connectivity index (χ1) is 42.7. The number of hydrogen-bond donors (Lipinski definition) is 0.